The number of carbonyl (C=O) groups excluding carboxylic acids is 2. The lowest BCUT2D eigenvalue weighted by Crippen LogP contribution is -2.25. The van der Waals surface area contributed by atoms with Gasteiger partial charge in [-0.25, -0.2) is 4.79 Å². The molecule has 4 nitrogen and oxygen atoms in total. The minimum absolute atomic E-state index is 0.166. The first-order valence-corrected chi connectivity index (χ1v) is 8.36. The molecule has 3 aromatic rings. The van der Waals surface area contributed by atoms with Crippen molar-refractivity contribution in [3.05, 3.63) is 107 Å². The number of ether oxygens (including phenoxy) is 1. The second-order valence-corrected chi connectivity index (χ2v) is 5.78. The molecule has 26 heavy (non-hydrogen) atoms. The molecule has 0 radical (unpaired) electrons. The summed E-state index contributed by atoms with van der Waals surface area (Å²) in [6.45, 7) is 0.562. The number of rotatable bonds is 6. The standard InChI is InChI=1S/C22H19NO3/c24-21(23-15-17-9-3-1-4-10-17)19-13-7-8-14-20(19)22(25)26-16-18-11-5-2-6-12-18/h1-14H,15-16H2,(H,23,24). The van der Waals surface area contributed by atoms with E-state index in [-0.39, 0.29) is 18.1 Å². The molecule has 1 N–H and O–H groups in total. The average Bonchev–Trinajstić information content (AvgIpc) is 2.72. The van der Waals surface area contributed by atoms with Gasteiger partial charge in [-0.05, 0) is 23.3 Å². The molecule has 0 saturated heterocycles. The van der Waals surface area contributed by atoms with Crippen molar-refractivity contribution in [2.75, 3.05) is 0 Å². The van der Waals surface area contributed by atoms with E-state index in [0.29, 0.717) is 12.1 Å². The lowest BCUT2D eigenvalue weighted by molar-refractivity contribution is 0.0469. The third-order valence-corrected chi connectivity index (χ3v) is 3.90. The van der Waals surface area contributed by atoms with Crippen LogP contribution in [0.25, 0.3) is 0 Å². The maximum Gasteiger partial charge on any atom is 0.339 e. The largest absolute Gasteiger partial charge is 0.457 e. The van der Waals surface area contributed by atoms with E-state index >= 15 is 0 Å². The molecule has 0 unspecified atom stereocenters. The van der Waals surface area contributed by atoms with Gasteiger partial charge in [0.15, 0.2) is 0 Å². The van der Waals surface area contributed by atoms with E-state index in [9.17, 15) is 9.59 Å². The molecular formula is C22H19NO3. The Hall–Kier alpha value is -3.40. The third kappa shape index (κ3) is 4.57. The smallest absolute Gasteiger partial charge is 0.339 e. The Labute approximate surface area is 152 Å². The van der Waals surface area contributed by atoms with E-state index < -0.39 is 5.97 Å². The highest BCUT2D eigenvalue weighted by molar-refractivity contribution is 6.05. The zero-order valence-corrected chi connectivity index (χ0v) is 14.2. The molecule has 0 bridgehead atoms. The molecule has 0 aliphatic rings. The van der Waals surface area contributed by atoms with Crippen molar-refractivity contribution in [3.8, 4) is 0 Å². The monoisotopic (exact) mass is 345 g/mol. The number of hydrogen-bond donors (Lipinski definition) is 1. The summed E-state index contributed by atoms with van der Waals surface area (Å²) in [6.07, 6.45) is 0. The van der Waals surface area contributed by atoms with Crippen LogP contribution in [0.4, 0.5) is 0 Å². The molecule has 0 aromatic heterocycles. The first-order chi connectivity index (χ1) is 12.7. The number of nitrogens with one attached hydrogen (secondary N) is 1. The second kappa shape index (κ2) is 8.62. The normalized spacial score (nSPS) is 10.2. The molecule has 0 atom stereocenters. The molecule has 0 heterocycles. The first kappa shape index (κ1) is 17.4. The van der Waals surface area contributed by atoms with Crippen LogP contribution in [0.2, 0.25) is 0 Å². The lowest BCUT2D eigenvalue weighted by atomic mass is 10.1. The van der Waals surface area contributed by atoms with E-state index in [1.807, 2.05) is 60.7 Å². The zero-order valence-electron chi connectivity index (χ0n) is 14.2. The summed E-state index contributed by atoms with van der Waals surface area (Å²) in [5.41, 5.74) is 2.45. The van der Waals surface area contributed by atoms with Gasteiger partial charge in [-0.1, -0.05) is 72.8 Å². The third-order valence-electron chi connectivity index (χ3n) is 3.90. The van der Waals surface area contributed by atoms with Gasteiger partial charge >= 0.3 is 5.97 Å². The van der Waals surface area contributed by atoms with Crippen molar-refractivity contribution >= 4 is 11.9 Å². The Bertz CT molecular complexity index is 802. The van der Waals surface area contributed by atoms with Crippen LogP contribution < -0.4 is 5.32 Å². The predicted molar refractivity (Wildman–Crippen MR) is 99.6 cm³/mol. The molecule has 0 saturated carbocycles. The van der Waals surface area contributed by atoms with Crippen molar-refractivity contribution in [3.63, 3.8) is 0 Å². The highest BCUT2D eigenvalue weighted by Gasteiger charge is 2.17. The summed E-state index contributed by atoms with van der Waals surface area (Å²) in [4.78, 5) is 24.9. The fourth-order valence-electron chi connectivity index (χ4n) is 2.53. The maximum atomic E-state index is 12.5. The number of amides is 1. The van der Waals surface area contributed by atoms with Gasteiger partial charge in [0.05, 0.1) is 11.1 Å². The zero-order chi connectivity index (χ0) is 18.2. The van der Waals surface area contributed by atoms with Crippen LogP contribution in [0.5, 0.6) is 0 Å². The molecule has 0 aliphatic carbocycles. The highest BCUT2D eigenvalue weighted by atomic mass is 16.5. The van der Waals surface area contributed by atoms with Gasteiger partial charge in [0.25, 0.3) is 5.91 Å². The van der Waals surface area contributed by atoms with Crippen LogP contribution in [0.1, 0.15) is 31.8 Å². The summed E-state index contributed by atoms with van der Waals surface area (Å²) in [6, 6.07) is 25.7. The van der Waals surface area contributed by atoms with Crippen LogP contribution in [0.15, 0.2) is 84.9 Å². The van der Waals surface area contributed by atoms with Crippen molar-refractivity contribution in [1.82, 2.24) is 5.32 Å². The number of hydrogen-bond acceptors (Lipinski definition) is 3. The van der Waals surface area contributed by atoms with E-state index in [0.717, 1.165) is 11.1 Å². The van der Waals surface area contributed by atoms with Gasteiger partial charge in [-0.3, -0.25) is 4.79 Å². The highest BCUT2D eigenvalue weighted by Crippen LogP contribution is 2.12. The summed E-state index contributed by atoms with van der Waals surface area (Å²) >= 11 is 0. The van der Waals surface area contributed by atoms with Crippen LogP contribution in [-0.4, -0.2) is 11.9 Å². The van der Waals surface area contributed by atoms with Crippen LogP contribution in [-0.2, 0) is 17.9 Å². The lowest BCUT2D eigenvalue weighted by Gasteiger charge is -2.10. The van der Waals surface area contributed by atoms with E-state index in [1.165, 1.54) is 0 Å². The van der Waals surface area contributed by atoms with Gasteiger partial charge in [0, 0.05) is 6.54 Å². The molecule has 0 fully saturated rings. The van der Waals surface area contributed by atoms with E-state index in [4.69, 9.17) is 4.74 Å². The minimum Gasteiger partial charge on any atom is -0.457 e. The molecule has 0 aliphatic heterocycles. The van der Waals surface area contributed by atoms with Crippen LogP contribution >= 0.6 is 0 Å². The molecule has 130 valence electrons. The van der Waals surface area contributed by atoms with E-state index in [2.05, 4.69) is 5.32 Å². The number of benzene rings is 3. The Morgan fingerprint density at radius 1 is 0.692 bits per heavy atom. The Balaban J connectivity index is 1.66. The van der Waals surface area contributed by atoms with E-state index in [1.54, 1.807) is 24.3 Å². The summed E-state index contributed by atoms with van der Waals surface area (Å²) in [5.74, 6) is -0.819. The minimum atomic E-state index is -0.515. The molecule has 0 spiro atoms. The number of carbonyl (C=O) groups is 2. The number of esters is 1. The average molecular weight is 345 g/mol. The van der Waals surface area contributed by atoms with Gasteiger partial charge in [-0.2, -0.15) is 0 Å². The van der Waals surface area contributed by atoms with Crippen molar-refractivity contribution in [2.24, 2.45) is 0 Å². The first-order valence-electron chi connectivity index (χ1n) is 8.36. The molecular weight excluding hydrogens is 326 g/mol. The fraction of sp³-hybridized carbons (Fsp3) is 0.0909. The van der Waals surface area contributed by atoms with Crippen molar-refractivity contribution in [2.45, 2.75) is 13.2 Å². The fourth-order valence-corrected chi connectivity index (χ4v) is 2.53. The Morgan fingerprint density at radius 3 is 1.88 bits per heavy atom. The van der Waals surface area contributed by atoms with Crippen LogP contribution in [0.3, 0.4) is 0 Å². The Kier molecular flexibility index (Phi) is 5.78. The second-order valence-electron chi connectivity index (χ2n) is 5.78. The van der Waals surface area contributed by atoms with Crippen molar-refractivity contribution < 1.29 is 14.3 Å². The predicted octanol–water partition coefficient (Wildman–Crippen LogP) is 3.97. The molecule has 4 heteroatoms. The quantitative estimate of drug-likeness (QED) is 0.688. The molecule has 1 amide bonds. The Morgan fingerprint density at radius 2 is 1.23 bits per heavy atom. The van der Waals surface area contributed by atoms with Gasteiger partial charge in [-0.15, -0.1) is 0 Å². The summed E-state index contributed by atoms with van der Waals surface area (Å²) in [7, 11) is 0. The molecule has 3 rings (SSSR count). The van der Waals surface area contributed by atoms with Gasteiger partial charge in [0.2, 0.25) is 0 Å². The molecule has 3 aromatic carbocycles. The summed E-state index contributed by atoms with van der Waals surface area (Å²) < 4.78 is 5.35. The van der Waals surface area contributed by atoms with Crippen molar-refractivity contribution in [1.29, 1.82) is 0 Å². The van der Waals surface area contributed by atoms with Gasteiger partial charge < -0.3 is 10.1 Å². The maximum absolute atomic E-state index is 12.5. The summed E-state index contributed by atoms with van der Waals surface area (Å²) in [5, 5.41) is 2.84. The van der Waals surface area contributed by atoms with Crippen LogP contribution in [0, 0.1) is 0 Å². The van der Waals surface area contributed by atoms with Gasteiger partial charge in [0.1, 0.15) is 6.61 Å². The SMILES string of the molecule is O=C(NCc1ccccc1)c1ccccc1C(=O)OCc1ccccc1. The topological polar surface area (TPSA) is 55.4 Å².